The number of benzene rings is 2. The van der Waals surface area contributed by atoms with Gasteiger partial charge in [0.25, 0.3) is 0 Å². The fourth-order valence-corrected chi connectivity index (χ4v) is 3.75. The molecule has 3 aromatic rings. The molecule has 3 rings (SSSR count). The molecule has 1 heterocycles. The molecule has 0 spiro atoms. The van der Waals surface area contributed by atoms with Crippen LogP contribution in [0.2, 0.25) is 0 Å². The van der Waals surface area contributed by atoms with Gasteiger partial charge in [-0.2, -0.15) is 0 Å². The second kappa shape index (κ2) is 9.56. The SMILES string of the molecule is CCn1c2ccccc2c2cc(NC(=O)C[C@H](C)CC(=O)NCCOC)ccc21. The van der Waals surface area contributed by atoms with Crippen molar-refractivity contribution in [3.8, 4) is 0 Å². The van der Waals surface area contributed by atoms with Crippen molar-refractivity contribution >= 4 is 39.3 Å². The van der Waals surface area contributed by atoms with Crippen LogP contribution in [-0.2, 0) is 20.9 Å². The van der Waals surface area contributed by atoms with Crippen LogP contribution in [-0.4, -0.2) is 36.6 Å². The third-order valence-corrected chi connectivity index (χ3v) is 5.07. The number of fused-ring (bicyclic) bond motifs is 3. The van der Waals surface area contributed by atoms with Gasteiger partial charge < -0.3 is 19.9 Å². The van der Waals surface area contributed by atoms with Crippen molar-refractivity contribution in [1.29, 1.82) is 0 Å². The average molecular weight is 396 g/mol. The van der Waals surface area contributed by atoms with Crippen molar-refractivity contribution in [3.63, 3.8) is 0 Å². The summed E-state index contributed by atoms with van der Waals surface area (Å²) < 4.78 is 7.19. The van der Waals surface area contributed by atoms with Gasteiger partial charge in [-0.05, 0) is 37.1 Å². The van der Waals surface area contributed by atoms with Gasteiger partial charge in [-0.25, -0.2) is 0 Å². The summed E-state index contributed by atoms with van der Waals surface area (Å²) in [6.45, 7) is 5.90. The molecule has 0 fully saturated rings. The molecule has 0 saturated heterocycles. The number of amides is 2. The Morgan fingerprint density at radius 3 is 2.52 bits per heavy atom. The molecule has 2 aromatic carbocycles. The van der Waals surface area contributed by atoms with E-state index in [-0.39, 0.29) is 17.7 Å². The Balaban J connectivity index is 1.66. The summed E-state index contributed by atoms with van der Waals surface area (Å²) in [5.41, 5.74) is 3.13. The lowest BCUT2D eigenvalue weighted by molar-refractivity contribution is -0.122. The van der Waals surface area contributed by atoms with E-state index in [0.717, 1.165) is 23.1 Å². The molecule has 1 atom stereocenters. The largest absolute Gasteiger partial charge is 0.383 e. The summed E-state index contributed by atoms with van der Waals surface area (Å²) in [5, 5.41) is 8.08. The lowest BCUT2D eigenvalue weighted by Crippen LogP contribution is -2.29. The number of para-hydroxylation sites is 1. The van der Waals surface area contributed by atoms with Crippen LogP contribution >= 0.6 is 0 Å². The molecule has 1 aromatic heterocycles. The third-order valence-electron chi connectivity index (χ3n) is 5.07. The topological polar surface area (TPSA) is 72.4 Å². The summed E-state index contributed by atoms with van der Waals surface area (Å²) >= 11 is 0. The van der Waals surface area contributed by atoms with E-state index in [2.05, 4.69) is 40.3 Å². The fourth-order valence-electron chi connectivity index (χ4n) is 3.75. The number of aromatic nitrogens is 1. The van der Waals surface area contributed by atoms with Crippen molar-refractivity contribution in [3.05, 3.63) is 42.5 Å². The normalized spacial score (nSPS) is 12.2. The van der Waals surface area contributed by atoms with Crippen LogP contribution in [0, 0.1) is 5.92 Å². The Hall–Kier alpha value is -2.86. The zero-order chi connectivity index (χ0) is 20.8. The number of carbonyl (C=O) groups excluding carboxylic acids is 2. The van der Waals surface area contributed by atoms with Gasteiger partial charge >= 0.3 is 0 Å². The summed E-state index contributed by atoms with van der Waals surface area (Å²) in [6, 6.07) is 14.3. The van der Waals surface area contributed by atoms with E-state index in [4.69, 9.17) is 4.74 Å². The van der Waals surface area contributed by atoms with Gasteiger partial charge in [-0.15, -0.1) is 0 Å². The summed E-state index contributed by atoms with van der Waals surface area (Å²) in [6.07, 6.45) is 0.618. The molecule has 2 N–H and O–H groups in total. The highest BCUT2D eigenvalue weighted by molar-refractivity contribution is 6.09. The van der Waals surface area contributed by atoms with Crippen LogP contribution in [0.3, 0.4) is 0 Å². The molecule has 0 bridgehead atoms. The fraction of sp³-hybridized carbons (Fsp3) is 0.391. The van der Waals surface area contributed by atoms with Crippen LogP contribution in [0.4, 0.5) is 5.69 Å². The molecule has 6 nitrogen and oxygen atoms in total. The summed E-state index contributed by atoms with van der Waals surface area (Å²) in [4.78, 5) is 24.3. The first-order valence-electron chi connectivity index (χ1n) is 10.1. The Bertz CT molecular complexity index is 1010. The van der Waals surface area contributed by atoms with E-state index in [9.17, 15) is 9.59 Å². The second-order valence-corrected chi connectivity index (χ2v) is 7.40. The minimum absolute atomic E-state index is 0.0386. The Labute approximate surface area is 171 Å². The molecule has 6 heteroatoms. The van der Waals surface area contributed by atoms with E-state index in [1.807, 2.05) is 31.2 Å². The number of hydrogen-bond acceptors (Lipinski definition) is 3. The molecule has 0 aliphatic carbocycles. The highest BCUT2D eigenvalue weighted by Gasteiger charge is 2.15. The van der Waals surface area contributed by atoms with Crippen LogP contribution in [0.5, 0.6) is 0 Å². The average Bonchev–Trinajstić information content (AvgIpc) is 3.01. The van der Waals surface area contributed by atoms with E-state index < -0.39 is 0 Å². The van der Waals surface area contributed by atoms with Crippen molar-refractivity contribution in [1.82, 2.24) is 9.88 Å². The quantitative estimate of drug-likeness (QED) is 0.539. The Morgan fingerprint density at radius 1 is 1.03 bits per heavy atom. The van der Waals surface area contributed by atoms with Crippen LogP contribution in [0.15, 0.2) is 42.5 Å². The van der Waals surface area contributed by atoms with Crippen molar-refractivity contribution < 1.29 is 14.3 Å². The number of nitrogens with one attached hydrogen (secondary N) is 2. The number of rotatable bonds is 9. The Morgan fingerprint density at radius 2 is 1.76 bits per heavy atom. The number of hydrogen-bond donors (Lipinski definition) is 2. The van der Waals surface area contributed by atoms with Crippen LogP contribution < -0.4 is 10.6 Å². The number of carbonyl (C=O) groups is 2. The molecule has 0 aliphatic rings. The number of aryl methyl sites for hydroxylation is 1. The van der Waals surface area contributed by atoms with Gasteiger partial charge in [0, 0.05) is 60.5 Å². The van der Waals surface area contributed by atoms with E-state index >= 15 is 0 Å². The molecule has 0 radical (unpaired) electrons. The van der Waals surface area contributed by atoms with Gasteiger partial charge in [0.15, 0.2) is 0 Å². The molecule has 0 aliphatic heterocycles. The summed E-state index contributed by atoms with van der Waals surface area (Å²) in [5.74, 6) is -0.180. The van der Waals surface area contributed by atoms with Gasteiger partial charge in [-0.3, -0.25) is 9.59 Å². The number of anilines is 1. The Kier molecular flexibility index (Phi) is 6.88. The first kappa shape index (κ1) is 20.9. The standard InChI is InChI=1S/C23H29N3O3/c1-4-26-20-8-6-5-7-18(20)19-15-17(9-10-21(19)26)25-23(28)14-16(2)13-22(27)24-11-12-29-3/h5-10,15-16H,4,11-14H2,1-3H3,(H,24,27)(H,25,28)/t16-/m1/s1. The third kappa shape index (κ3) is 4.95. The zero-order valence-corrected chi connectivity index (χ0v) is 17.3. The predicted molar refractivity (Wildman–Crippen MR) is 117 cm³/mol. The van der Waals surface area contributed by atoms with E-state index in [1.165, 1.54) is 10.9 Å². The van der Waals surface area contributed by atoms with Gasteiger partial charge in [0.2, 0.25) is 11.8 Å². The van der Waals surface area contributed by atoms with E-state index in [1.54, 1.807) is 7.11 Å². The van der Waals surface area contributed by atoms with Crippen molar-refractivity contribution in [2.45, 2.75) is 33.2 Å². The molecule has 29 heavy (non-hydrogen) atoms. The monoisotopic (exact) mass is 395 g/mol. The van der Waals surface area contributed by atoms with E-state index in [0.29, 0.717) is 26.0 Å². The number of ether oxygens (including phenoxy) is 1. The maximum atomic E-state index is 12.5. The lowest BCUT2D eigenvalue weighted by atomic mass is 10.0. The number of nitrogens with zero attached hydrogens (tertiary/aromatic N) is 1. The first-order valence-corrected chi connectivity index (χ1v) is 10.1. The molecular formula is C23H29N3O3. The molecular weight excluding hydrogens is 366 g/mol. The molecule has 0 saturated carbocycles. The summed E-state index contributed by atoms with van der Waals surface area (Å²) in [7, 11) is 1.59. The minimum Gasteiger partial charge on any atom is -0.383 e. The highest BCUT2D eigenvalue weighted by Crippen LogP contribution is 2.31. The van der Waals surface area contributed by atoms with Gasteiger partial charge in [-0.1, -0.05) is 25.1 Å². The van der Waals surface area contributed by atoms with Gasteiger partial charge in [0.1, 0.15) is 0 Å². The maximum Gasteiger partial charge on any atom is 0.224 e. The minimum atomic E-state index is -0.0826. The molecule has 0 unspecified atom stereocenters. The molecule has 2 amide bonds. The number of methoxy groups -OCH3 is 1. The molecule has 154 valence electrons. The van der Waals surface area contributed by atoms with Crippen molar-refractivity contribution in [2.75, 3.05) is 25.6 Å². The van der Waals surface area contributed by atoms with Gasteiger partial charge in [0.05, 0.1) is 6.61 Å². The smallest absolute Gasteiger partial charge is 0.224 e. The predicted octanol–water partition coefficient (Wildman–Crippen LogP) is 3.93. The van der Waals surface area contributed by atoms with Crippen LogP contribution in [0.1, 0.15) is 26.7 Å². The lowest BCUT2D eigenvalue weighted by Gasteiger charge is -2.12. The zero-order valence-electron chi connectivity index (χ0n) is 17.3. The van der Waals surface area contributed by atoms with Crippen molar-refractivity contribution in [2.24, 2.45) is 5.92 Å². The highest BCUT2D eigenvalue weighted by atomic mass is 16.5. The maximum absolute atomic E-state index is 12.5. The first-order chi connectivity index (χ1) is 14.0. The second-order valence-electron chi connectivity index (χ2n) is 7.40. The van der Waals surface area contributed by atoms with Crippen LogP contribution in [0.25, 0.3) is 21.8 Å².